The zero-order chi connectivity index (χ0) is 15.9. The van der Waals surface area contributed by atoms with Gasteiger partial charge in [-0.2, -0.15) is 0 Å². The van der Waals surface area contributed by atoms with Crippen molar-refractivity contribution in [3.05, 3.63) is 77.3 Å². The summed E-state index contributed by atoms with van der Waals surface area (Å²) in [4.78, 5) is 0. The van der Waals surface area contributed by atoms with Crippen LogP contribution in [0.3, 0.4) is 0 Å². The first-order chi connectivity index (χ1) is 10.5. The molecule has 0 amide bonds. The van der Waals surface area contributed by atoms with Crippen molar-refractivity contribution in [1.29, 1.82) is 0 Å². The number of halogens is 3. The second-order valence-corrected chi connectivity index (χ2v) is 5.34. The van der Waals surface area contributed by atoms with E-state index in [1.165, 1.54) is 0 Å². The Morgan fingerprint density at radius 1 is 1.05 bits per heavy atom. The van der Waals surface area contributed by atoms with Gasteiger partial charge in [-0.15, -0.1) is 0 Å². The van der Waals surface area contributed by atoms with Crippen LogP contribution in [0.4, 0.5) is 8.78 Å². The molecule has 3 aromatic carbocycles. The van der Waals surface area contributed by atoms with Crippen molar-refractivity contribution >= 4 is 28.1 Å². The van der Waals surface area contributed by atoms with Crippen LogP contribution in [0.2, 0.25) is 5.02 Å². The minimum Gasteiger partial charge on any atom is -0.508 e. The highest BCUT2D eigenvalue weighted by atomic mass is 35.5. The first-order valence-corrected chi connectivity index (χ1v) is 6.91. The van der Waals surface area contributed by atoms with Crippen LogP contribution in [-0.4, -0.2) is 5.11 Å². The first kappa shape index (κ1) is 14.5. The summed E-state index contributed by atoms with van der Waals surface area (Å²) in [6, 6.07) is 12.4. The summed E-state index contributed by atoms with van der Waals surface area (Å²) in [6.45, 7) is 3.49. The molecule has 0 saturated carbocycles. The largest absolute Gasteiger partial charge is 0.508 e. The van der Waals surface area contributed by atoms with Gasteiger partial charge in [0, 0.05) is 17.2 Å². The van der Waals surface area contributed by atoms with Crippen molar-refractivity contribution in [2.45, 2.75) is 0 Å². The molecule has 0 atom stereocenters. The predicted octanol–water partition coefficient (Wildman–Crippen LogP) is 5.97. The number of aliphatic hydroxyl groups is 1. The van der Waals surface area contributed by atoms with Crippen molar-refractivity contribution in [3.8, 4) is 11.1 Å². The Kier molecular flexibility index (Phi) is 3.59. The molecule has 0 aromatic heterocycles. The maximum absolute atomic E-state index is 14.2. The van der Waals surface area contributed by atoms with Crippen molar-refractivity contribution in [3.63, 3.8) is 0 Å². The summed E-state index contributed by atoms with van der Waals surface area (Å²) >= 11 is 6.03. The van der Waals surface area contributed by atoms with E-state index in [0.29, 0.717) is 16.5 Å². The van der Waals surface area contributed by atoms with Gasteiger partial charge in [-0.25, -0.2) is 8.78 Å². The molecule has 0 aliphatic carbocycles. The van der Waals surface area contributed by atoms with E-state index in [2.05, 4.69) is 6.58 Å². The SMILES string of the molecule is C=C(O)c1ccc2cccc(-c3c(F)cc(F)cc3Cl)c2c1. The van der Waals surface area contributed by atoms with Gasteiger partial charge in [-0.1, -0.05) is 48.5 Å². The van der Waals surface area contributed by atoms with Gasteiger partial charge in [0.15, 0.2) is 0 Å². The highest BCUT2D eigenvalue weighted by Gasteiger charge is 2.15. The Bertz CT molecular complexity index is 880. The Morgan fingerprint density at radius 2 is 1.82 bits per heavy atom. The molecule has 0 heterocycles. The van der Waals surface area contributed by atoms with E-state index >= 15 is 0 Å². The van der Waals surface area contributed by atoms with Gasteiger partial charge in [0.1, 0.15) is 17.4 Å². The fourth-order valence-corrected chi connectivity index (χ4v) is 2.77. The molecule has 3 aromatic rings. The smallest absolute Gasteiger partial charge is 0.135 e. The van der Waals surface area contributed by atoms with E-state index < -0.39 is 11.6 Å². The highest BCUT2D eigenvalue weighted by molar-refractivity contribution is 6.33. The van der Waals surface area contributed by atoms with Gasteiger partial charge in [-0.3, -0.25) is 0 Å². The minimum atomic E-state index is -0.731. The van der Waals surface area contributed by atoms with E-state index in [0.717, 1.165) is 17.5 Å². The monoisotopic (exact) mass is 316 g/mol. The van der Waals surface area contributed by atoms with Crippen LogP contribution in [0.15, 0.2) is 55.1 Å². The fourth-order valence-electron chi connectivity index (χ4n) is 2.47. The Balaban J connectivity index is 2.36. The molecule has 3 rings (SSSR count). The average molecular weight is 317 g/mol. The molecule has 4 heteroatoms. The molecule has 0 spiro atoms. The fraction of sp³-hybridized carbons (Fsp3) is 0. The first-order valence-electron chi connectivity index (χ1n) is 6.53. The summed E-state index contributed by atoms with van der Waals surface area (Å²) in [7, 11) is 0. The van der Waals surface area contributed by atoms with E-state index in [-0.39, 0.29) is 16.3 Å². The number of fused-ring (bicyclic) bond motifs is 1. The molecule has 0 fully saturated rings. The van der Waals surface area contributed by atoms with Crippen LogP contribution in [0.5, 0.6) is 0 Å². The molecule has 0 saturated heterocycles. The van der Waals surface area contributed by atoms with Gasteiger partial charge in [0.05, 0.1) is 5.02 Å². The molecule has 1 nitrogen and oxygen atoms in total. The van der Waals surface area contributed by atoms with Gasteiger partial charge in [0.25, 0.3) is 0 Å². The summed E-state index contributed by atoms with van der Waals surface area (Å²) in [5.74, 6) is -1.54. The van der Waals surface area contributed by atoms with Gasteiger partial charge in [-0.05, 0) is 28.5 Å². The number of hydrogen-bond donors (Lipinski definition) is 1. The maximum atomic E-state index is 14.2. The van der Waals surface area contributed by atoms with E-state index in [9.17, 15) is 13.9 Å². The van der Waals surface area contributed by atoms with E-state index in [4.69, 9.17) is 11.6 Å². The molecule has 1 N–H and O–H groups in total. The van der Waals surface area contributed by atoms with Crippen molar-refractivity contribution in [2.24, 2.45) is 0 Å². The van der Waals surface area contributed by atoms with Crippen molar-refractivity contribution in [2.75, 3.05) is 0 Å². The Hall–Kier alpha value is -2.39. The number of rotatable bonds is 2. The van der Waals surface area contributed by atoms with Crippen LogP contribution < -0.4 is 0 Å². The Labute approximate surface area is 131 Å². The van der Waals surface area contributed by atoms with Crippen LogP contribution in [0, 0.1) is 11.6 Å². The van der Waals surface area contributed by atoms with E-state index in [1.54, 1.807) is 30.3 Å². The minimum absolute atomic E-state index is 0.00164. The molecule has 110 valence electrons. The molecule has 22 heavy (non-hydrogen) atoms. The molecule has 0 bridgehead atoms. The number of hydrogen-bond acceptors (Lipinski definition) is 1. The highest BCUT2D eigenvalue weighted by Crippen LogP contribution is 2.36. The van der Waals surface area contributed by atoms with Gasteiger partial charge < -0.3 is 5.11 Å². The van der Waals surface area contributed by atoms with Crippen LogP contribution in [-0.2, 0) is 0 Å². The summed E-state index contributed by atoms with van der Waals surface area (Å²) < 4.78 is 27.4. The molecule has 0 unspecified atom stereocenters. The third-order valence-electron chi connectivity index (χ3n) is 3.49. The Morgan fingerprint density at radius 3 is 2.50 bits per heavy atom. The van der Waals surface area contributed by atoms with Crippen molar-refractivity contribution in [1.82, 2.24) is 0 Å². The van der Waals surface area contributed by atoms with Gasteiger partial charge >= 0.3 is 0 Å². The lowest BCUT2D eigenvalue weighted by molar-refractivity contribution is 0.514. The van der Waals surface area contributed by atoms with Gasteiger partial charge in [0.2, 0.25) is 0 Å². The van der Waals surface area contributed by atoms with Crippen LogP contribution in [0.25, 0.3) is 27.7 Å². The summed E-state index contributed by atoms with van der Waals surface area (Å²) in [6.07, 6.45) is 0. The quantitative estimate of drug-likeness (QED) is 0.578. The molecule has 0 radical (unpaired) electrons. The standard InChI is InChI=1S/C18H11ClF2O/c1-10(22)12-6-5-11-3-2-4-14(15(11)7-12)18-16(19)8-13(20)9-17(18)21/h2-9,22H,1H2. The second kappa shape index (κ2) is 5.43. The lowest BCUT2D eigenvalue weighted by Crippen LogP contribution is -1.91. The maximum Gasteiger partial charge on any atom is 0.135 e. The molecular formula is C18H11ClF2O. The zero-order valence-corrected chi connectivity index (χ0v) is 12.2. The zero-order valence-electron chi connectivity index (χ0n) is 11.4. The second-order valence-electron chi connectivity index (χ2n) is 4.93. The predicted molar refractivity (Wildman–Crippen MR) is 86.0 cm³/mol. The summed E-state index contributed by atoms with van der Waals surface area (Å²) in [5, 5.41) is 11.1. The van der Waals surface area contributed by atoms with E-state index in [1.807, 2.05) is 6.07 Å². The molecule has 0 aliphatic heterocycles. The third-order valence-corrected chi connectivity index (χ3v) is 3.79. The van der Waals surface area contributed by atoms with Crippen LogP contribution >= 0.6 is 11.6 Å². The average Bonchev–Trinajstić information content (AvgIpc) is 2.45. The lowest BCUT2D eigenvalue weighted by Gasteiger charge is -2.11. The van der Waals surface area contributed by atoms with Crippen LogP contribution in [0.1, 0.15) is 5.56 Å². The summed E-state index contributed by atoms with van der Waals surface area (Å²) in [5.41, 5.74) is 1.19. The van der Waals surface area contributed by atoms with Crippen molar-refractivity contribution < 1.29 is 13.9 Å². The molecule has 0 aliphatic rings. The normalized spacial score (nSPS) is 10.9. The lowest BCUT2D eigenvalue weighted by atomic mass is 9.96. The topological polar surface area (TPSA) is 20.2 Å². The molecular weight excluding hydrogens is 306 g/mol. The number of aliphatic hydroxyl groups excluding tert-OH is 1. The number of benzene rings is 3. The third kappa shape index (κ3) is 2.44.